The standard InChI is InChI=1S/C20H26N4O3S/c1-12-6-5-9-23(11-12)17(14-7-8-15(26-3)16(10-14)27-4)18-19(25)24-20(28-18)21-13(2)22-24/h7-8,10,12,17,25H,5-6,9,11H2,1-4H3/t12-,17+/m0/s1. The van der Waals surface area contributed by atoms with Gasteiger partial charge in [0.15, 0.2) is 11.5 Å². The maximum Gasteiger partial charge on any atom is 0.230 e. The number of aromatic hydroxyl groups is 1. The molecule has 3 aromatic rings. The lowest BCUT2D eigenvalue weighted by Crippen LogP contribution is -2.37. The van der Waals surface area contributed by atoms with Gasteiger partial charge in [-0.3, -0.25) is 4.90 Å². The number of aromatic nitrogens is 3. The number of hydrogen-bond acceptors (Lipinski definition) is 7. The first kappa shape index (κ1) is 19.0. The number of benzene rings is 1. The molecule has 150 valence electrons. The molecule has 28 heavy (non-hydrogen) atoms. The van der Waals surface area contributed by atoms with Crippen LogP contribution in [0, 0.1) is 12.8 Å². The summed E-state index contributed by atoms with van der Waals surface area (Å²) in [5.74, 6) is 2.81. The molecule has 0 amide bonds. The van der Waals surface area contributed by atoms with Crippen LogP contribution in [0.5, 0.6) is 17.4 Å². The molecule has 8 heteroatoms. The van der Waals surface area contributed by atoms with Gasteiger partial charge in [-0.1, -0.05) is 24.3 Å². The first-order chi connectivity index (χ1) is 13.5. The second-order valence-electron chi connectivity index (χ2n) is 7.40. The summed E-state index contributed by atoms with van der Waals surface area (Å²) < 4.78 is 12.5. The lowest BCUT2D eigenvalue weighted by molar-refractivity contribution is 0.149. The summed E-state index contributed by atoms with van der Waals surface area (Å²) >= 11 is 1.49. The smallest absolute Gasteiger partial charge is 0.230 e. The highest BCUT2D eigenvalue weighted by Gasteiger charge is 2.32. The van der Waals surface area contributed by atoms with Crippen LogP contribution in [-0.4, -0.2) is 51.9 Å². The van der Waals surface area contributed by atoms with Crippen LogP contribution in [-0.2, 0) is 0 Å². The van der Waals surface area contributed by atoms with E-state index >= 15 is 0 Å². The number of piperidine rings is 1. The normalized spacial score (nSPS) is 19.1. The molecule has 0 radical (unpaired) electrons. The second kappa shape index (κ2) is 7.60. The second-order valence-corrected chi connectivity index (χ2v) is 8.41. The molecular formula is C20H26N4O3S. The van der Waals surface area contributed by atoms with Crippen LogP contribution >= 0.6 is 11.3 Å². The van der Waals surface area contributed by atoms with Crippen molar-refractivity contribution in [2.45, 2.75) is 32.7 Å². The zero-order valence-electron chi connectivity index (χ0n) is 16.7. The minimum atomic E-state index is -0.0867. The van der Waals surface area contributed by atoms with Crippen molar-refractivity contribution in [3.63, 3.8) is 0 Å². The molecule has 0 saturated carbocycles. The van der Waals surface area contributed by atoms with E-state index in [4.69, 9.17) is 9.47 Å². The third-order valence-corrected chi connectivity index (χ3v) is 6.40. The molecule has 1 fully saturated rings. The van der Waals surface area contributed by atoms with Gasteiger partial charge in [0.05, 0.1) is 25.1 Å². The Balaban J connectivity index is 1.84. The van der Waals surface area contributed by atoms with Crippen molar-refractivity contribution in [3.05, 3.63) is 34.5 Å². The van der Waals surface area contributed by atoms with Gasteiger partial charge in [0.25, 0.3) is 0 Å². The number of likely N-dealkylation sites (tertiary alicyclic amines) is 1. The van der Waals surface area contributed by atoms with E-state index < -0.39 is 0 Å². The summed E-state index contributed by atoms with van der Waals surface area (Å²) in [4.78, 5) is 8.44. The van der Waals surface area contributed by atoms with Crippen LogP contribution in [0.1, 0.15) is 42.1 Å². The fourth-order valence-corrected chi connectivity index (χ4v) is 5.20. The lowest BCUT2D eigenvalue weighted by atomic mass is 9.95. The molecule has 0 bridgehead atoms. The molecule has 4 rings (SSSR count). The van der Waals surface area contributed by atoms with Crippen molar-refractivity contribution in [3.8, 4) is 17.4 Å². The maximum atomic E-state index is 10.9. The fourth-order valence-electron chi connectivity index (χ4n) is 4.04. The van der Waals surface area contributed by atoms with Crippen molar-refractivity contribution in [2.75, 3.05) is 27.3 Å². The number of rotatable bonds is 5. The first-order valence-electron chi connectivity index (χ1n) is 9.52. The Morgan fingerprint density at radius 1 is 1.25 bits per heavy atom. The predicted octanol–water partition coefficient (Wildman–Crippen LogP) is 3.64. The van der Waals surface area contributed by atoms with Gasteiger partial charge in [-0.25, -0.2) is 4.98 Å². The summed E-state index contributed by atoms with van der Waals surface area (Å²) in [6, 6.07) is 5.89. The molecule has 1 saturated heterocycles. The molecule has 1 aliphatic rings. The third kappa shape index (κ3) is 3.31. The molecule has 3 heterocycles. The van der Waals surface area contributed by atoms with E-state index in [1.54, 1.807) is 14.2 Å². The monoisotopic (exact) mass is 402 g/mol. The Morgan fingerprint density at radius 2 is 2.04 bits per heavy atom. The Kier molecular flexibility index (Phi) is 5.16. The van der Waals surface area contributed by atoms with Crippen LogP contribution in [0.15, 0.2) is 18.2 Å². The lowest BCUT2D eigenvalue weighted by Gasteiger charge is -2.37. The Morgan fingerprint density at radius 3 is 2.71 bits per heavy atom. The molecule has 1 aliphatic heterocycles. The van der Waals surface area contributed by atoms with E-state index in [1.807, 2.05) is 25.1 Å². The van der Waals surface area contributed by atoms with Gasteiger partial charge in [-0.05, 0) is 49.9 Å². The van der Waals surface area contributed by atoms with Crippen molar-refractivity contribution < 1.29 is 14.6 Å². The van der Waals surface area contributed by atoms with E-state index in [2.05, 4.69) is 21.9 Å². The van der Waals surface area contributed by atoms with Gasteiger partial charge in [0.2, 0.25) is 10.8 Å². The maximum absolute atomic E-state index is 10.9. The zero-order chi connectivity index (χ0) is 19.8. The SMILES string of the molecule is COc1ccc([C@H](c2sc3nc(C)nn3c2O)N2CCC[C@H](C)C2)cc1OC. The largest absolute Gasteiger partial charge is 0.493 e. The zero-order valence-corrected chi connectivity index (χ0v) is 17.5. The van der Waals surface area contributed by atoms with Crippen molar-refractivity contribution >= 4 is 16.3 Å². The van der Waals surface area contributed by atoms with Crippen molar-refractivity contribution in [1.29, 1.82) is 0 Å². The Bertz CT molecular complexity index is 983. The number of hydrogen-bond donors (Lipinski definition) is 1. The first-order valence-corrected chi connectivity index (χ1v) is 10.3. The number of fused-ring (bicyclic) bond motifs is 1. The minimum Gasteiger partial charge on any atom is -0.493 e. The molecular weight excluding hydrogens is 376 g/mol. The van der Waals surface area contributed by atoms with E-state index in [0.717, 1.165) is 30.0 Å². The quantitative estimate of drug-likeness (QED) is 0.702. The highest BCUT2D eigenvalue weighted by atomic mass is 32.1. The van der Waals surface area contributed by atoms with Crippen LogP contribution in [0.25, 0.3) is 4.96 Å². The highest BCUT2D eigenvalue weighted by molar-refractivity contribution is 7.17. The minimum absolute atomic E-state index is 0.0867. The van der Waals surface area contributed by atoms with Gasteiger partial charge in [-0.2, -0.15) is 4.52 Å². The van der Waals surface area contributed by atoms with E-state index in [0.29, 0.717) is 28.2 Å². The molecule has 0 spiro atoms. The fraction of sp³-hybridized carbons (Fsp3) is 0.500. The van der Waals surface area contributed by atoms with Gasteiger partial charge in [-0.15, -0.1) is 5.10 Å². The van der Waals surface area contributed by atoms with Crippen molar-refractivity contribution in [2.24, 2.45) is 5.92 Å². The third-order valence-electron chi connectivity index (χ3n) is 5.33. The number of aryl methyl sites for hydroxylation is 1. The predicted molar refractivity (Wildman–Crippen MR) is 109 cm³/mol. The number of nitrogens with zero attached hydrogens (tertiary/aromatic N) is 4. The molecule has 1 aromatic carbocycles. The van der Waals surface area contributed by atoms with E-state index in [1.165, 1.54) is 22.3 Å². The van der Waals surface area contributed by atoms with E-state index in [-0.39, 0.29) is 11.9 Å². The summed E-state index contributed by atoms with van der Waals surface area (Å²) in [7, 11) is 3.28. The van der Waals surface area contributed by atoms with Gasteiger partial charge in [0.1, 0.15) is 5.82 Å². The Hall–Kier alpha value is -2.32. The van der Waals surface area contributed by atoms with E-state index in [9.17, 15) is 5.11 Å². The number of methoxy groups -OCH3 is 2. The highest BCUT2D eigenvalue weighted by Crippen LogP contribution is 2.43. The van der Waals surface area contributed by atoms with Crippen LogP contribution in [0.4, 0.5) is 0 Å². The summed E-state index contributed by atoms with van der Waals surface area (Å²) in [5.41, 5.74) is 1.06. The summed E-state index contributed by atoms with van der Waals surface area (Å²) in [5, 5.41) is 15.3. The van der Waals surface area contributed by atoms with Crippen LogP contribution in [0.2, 0.25) is 0 Å². The van der Waals surface area contributed by atoms with Gasteiger partial charge < -0.3 is 14.6 Å². The van der Waals surface area contributed by atoms with Crippen molar-refractivity contribution in [1.82, 2.24) is 19.5 Å². The number of ether oxygens (including phenoxy) is 2. The topological polar surface area (TPSA) is 72.1 Å². The molecule has 1 N–H and O–H groups in total. The van der Waals surface area contributed by atoms with Gasteiger partial charge >= 0.3 is 0 Å². The van der Waals surface area contributed by atoms with Crippen LogP contribution in [0.3, 0.4) is 0 Å². The summed E-state index contributed by atoms with van der Waals surface area (Å²) in [6.07, 6.45) is 2.38. The molecule has 2 aromatic heterocycles. The molecule has 0 aliphatic carbocycles. The number of thiazole rings is 1. The molecule has 7 nitrogen and oxygen atoms in total. The summed E-state index contributed by atoms with van der Waals surface area (Å²) in [6.45, 7) is 6.07. The van der Waals surface area contributed by atoms with Crippen LogP contribution < -0.4 is 9.47 Å². The average Bonchev–Trinajstić information content (AvgIpc) is 3.19. The molecule has 2 atom stereocenters. The molecule has 0 unspecified atom stereocenters. The Labute approximate surface area is 168 Å². The average molecular weight is 403 g/mol. The van der Waals surface area contributed by atoms with Gasteiger partial charge in [0, 0.05) is 6.54 Å².